The molecule has 0 amide bonds. The van der Waals surface area contributed by atoms with E-state index in [-0.39, 0.29) is 5.75 Å². The Morgan fingerprint density at radius 1 is 1.26 bits per heavy atom. The Labute approximate surface area is 113 Å². The Morgan fingerprint density at radius 2 is 1.79 bits per heavy atom. The Morgan fingerprint density at radius 3 is 2.16 bits per heavy atom. The van der Waals surface area contributed by atoms with Crippen LogP contribution < -0.4 is 4.31 Å². The summed E-state index contributed by atoms with van der Waals surface area (Å²) in [5.41, 5.74) is 1.46. The van der Waals surface area contributed by atoms with Crippen LogP contribution in [0.4, 0.5) is 5.69 Å². The van der Waals surface area contributed by atoms with Crippen molar-refractivity contribution in [3.63, 3.8) is 0 Å². The molecule has 0 radical (unpaired) electrons. The fourth-order valence-corrected chi connectivity index (χ4v) is 2.72. The van der Waals surface area contributed by atoms with Crippen LogP contribution in [0, 0.1) is 0 Å². The zero-order valence-corrected chi connectivity index (χ0v) is 12.1. The van der Waals surface area contributed by atoms with E-state index in [4.69, 9.17) is 5.11 Å². The van der Waals surface area contributed by atoms with Crippen LogP contribution >= 0.6 is 0 Å². The van der Waals surface area contributed by atoms with Crippen LogP contribution in [0.25, 0.3) is 0 Å². The van der Waals surface area contributed by atoms with Gasteiger partial charge in [0.25, 0.3) is 0 Å². The highest BCUT2D eigenvalue weighted by Gasteiger charge is 2.23. The Balaban J connectivity index is 3.15. The van der Waals surface area contributed by atoms with Crippen LogP contribution in [0.1, 0.15) is 32.3 Å². The monoisotopic (exact) mass is 285 g/mol. The van der Waals surface area contributed by atoms with Crippen molar-refractivity contribution in [3.05, 3.63) is 29.8 Å². The van der Waals surface area contributed by atoms with Crippen LogP contribution in [0.2, 0.25) is 0 Å². The van der Waals surface area contributed by atoms with E-state index in [0.29, 0.717) is 11.6 Å². The molecule has 0 aliphatic rings. The summed E-state index contributed by atoms with van der Waals surface area (Å²) in [4.78, 5) is 10.8. The van der Waals surface area contributed by atoms with Crippen molar-refractivity contribution in [2.24, 2.45) is 0 Å². The lowest BCUT2D eigenvalue weighted by molar-refractivity contribution is -0.135. The Bertz CT molecular complexity index is 534. The van der Waals surface area contributed by atoms with Gasteiger partial charge in [-0.15, -0.1) is 0 Å². The second kappa shape index (κ2) is 6.06. The summed E-state index contributed by atoms with van der Waals surface area (Å²) in [7, 11) is -3.59. The first kappa shape index (κ1) is 15.5. The summed E-state index contributed by atoms with van der Waals surface area (Å²) in [6, 6.07) is 6.93. The molecule has 0 aliphatic heterocycles. The molecule has 1 N–H and O–H groups in total. The zero-order chi connectivity index (χ0) is 14.6. The van der Waals surface area contributed by atoms with Crippen molar-refractivity contribution in [3.8, 4) is 0 Å². The number of sulfonamides is 1. The maximum atomic E-state index is 11.9. The summed E-state index contributed by atoms with van der Waals surface area (Å²) in [6.07, 6.45) is 0. The maximum Gasteiger partial charge on any atom is 0.324 e. The molecule has 5 nitrogen and oxygen atoms in total. The molecule has 1 aromatic carbocycles. The first-order valence-corrected chi connectivity index (χ1v) is 7.71. The molecule has 0 spiro atoms. The van der Waals surface area contributed by atoms with E-state index in [1.807, 2.05) is 26.0 Å². The lowest BCUT2D eigenvalue weighted by Crippen LogP contribution is -2.36. The fraction of sp³-hybridized carbons (Fsp3) is 0.462. The predicted octanol–water partition coefficient (Wildman–Crippen LogP) is 2.05. The van der Waals surface area contributed by atoms with E-state index in [9.17, 15) is 13.2 Å². The Hall–Kier alpha value is -1.56. The number of nitrogens with zero attached hydrogens (tertiary/aromatic N) is 1. The number of hydrogen-bond acceptors (Lipinski definition) is 3. The van der Waals surface area contributed by atoms with Gasteiger partial charge in [-0.25, -0.2) is 8.42 Å². The van der Waals surface area contributed by atoms with Gasteiger partial charge in [0.2, 0.25) is 10.0 Å². The van der Waals surface area contributed by atoms with Crippen LogP contribution in [0.3, 0.4) is 0 Å². The highest BCUT2D eigenvalue weighted by atomic mass is 32.2. The highest BCUT2D eigenvalue weighted by molar-refractivity contribution is 7.92. The van der Waals surface area contributed by atoms with E-state index in [1.54, 1.807) is 12.1 Å². The SMILES string of the molecule is CCS(=O)(=O)N(CC(=O)O)c1ccc(C(C)C)cc1. The molecule has 0 atom stereocenters. The molecule has 0 aliphatic carbocycles. The molecule has 19 heavy (non-hydrogen) atoms. The van der Waals surface area contributed by atoms with Gasteiger partial charge < -0.3 is 5.11 Å². The van der Waals surface area contributed by atoms with Crippen LogP contribution in [0.15, 0.2) is 24.3 Å². The highest BCUT2D eigenvalue weighted by Crippen LogP contribution is 2.22. The van der Waals surface area contributed by atoms with Crippen molar-refractivity contribution in [1.82, 2.24) is 0 Å². The van der Waals surface area contributed by atoms with Crippen LogP contribution in [-0.4, -0.2) is 31.8 Å². The first-order chi connectivity index (χ1) is 8.77. The zero-order valence-electron chi connectivity index (χ0n) is 11.3. The minimum Gasteiger partial charge on any atom is -0.480 e. The van der Waals surface area contributed by atoms with Crippen molar-refractivity contribution < 1.29 is 18.3 Å². The van der Waals surface area contributed by atoms with Crippen molar-refractivity contribution in [2.45, 2.75) is 26.7 Å². The van der Waals surface area contributed by atoms with Crippen molar-refractivity contribution in [2.75, 3.05) is 16.6 Å². The molecule has 0 bridgehead atoms. The standard InChI is InChI=1S/C13H19NO4S/c1-4-19(17,18)14(9-13(15)16)12-7-5-11(6-8-12)10(2)3/h5-8,10H,4,9H2,1-3H3,(H,15,16). The summed E-state index contributed by atoms with van der Waals surface area (Å²) in [5.74, 6) is -0.971. The summed E-state index contributed by atoms with van der Waals surface area (Å²) in [5, 5.41) is 8.84. The molecule has 0 unspecified atom stereocenters. The van der Waals surface area contributed by atoms with Gasteiger partial charge in [0.15, 0.2) is 0 Å². The topological polar surface area (TPSA) is 74.7 Å². The normalized spacial score (nSPS) is 11.6. The van der Waals surface area contributed by atoms with E-state index in [0.717, 1.165) is 9.87 Å². The number of carboxylic acid groups (broad SMARTS) is 1. The summed E-state index contributed by atoms with van der Waals surface area (Å²) >= 11 is 0. The largest absolute Gasteiger partial charge is 0.480 e. The number of carboxylic acids is 1. The predicted molar refractivity (Wildman–Crippen MR) is 75.0 cm³/mol. The number of rotatable bonds is 6. The van der Waals surface area contributed by atoms with Gasteiger partial charge in [-0.3, -0.25) is 9.10 Å². The van der Waals surface area contributed by atoms with Gasteiger partial charge in [-0.05, 0) is 30.5 Å². The number of anilines is 1. The minimum atomic E-state index is -3.59. The third-order valence-corrected chi connectivity index (χ3v) is 4.57. The molecule has 0 heterocycles. The van der Waals surface area contributed by atoms with E-state index < -0.39 is 22.5 Å². The molecule has 0 fully saturated rings. The smallest absolute Gasteiger partial charge is 0.324 e. The number of benzene rings is 1. The van der Waals surface area contributed by atoms with Gasteiger partial charge in [-0.1, -0.05) is 26.0 Å². The number of carbonyl (C=O) groups is 1. The second-order valence-corrected chi connectivity index (χ2v) is 6.73. The average Bonchev–Trinajstić information content (AvgIpc) is 2.35. The van der Waals surface area contributed by atoms with Gasteiger partial charge in [0.1, 0.15) is 6.54 Å². The van der Waals surface area contributed by atoms with Gasteiger partial charge in [0.05, 0.1) is 11.4 Å². The van der Waals surface area contributed by atoms with Crippen molar-refractivity contribution in [1.29, 1.82) is 0 Å². The average molecular weight is 285 g/mol. The molecular weight excluding hydrogens is 266 g/mol. The Kier molecular flexibility index (Phi) is 4.94. The molecular formula is C13H19NO4S. The van der Waals surface area contributed by atoms with Crippen LogP contribution in [0.5, 0.6) is 0 Å². The summed E-state index contributed by atoms with van der Waals surface area (Å²) in [6.45, 7) is 5.00. The molecule has 1 rings (SSSR count). The number of hydrogen-bond donors (Lipinski definition) is 1. The second-order valence-electron chi connectivity index (χ2n) is 4.55. The molecule has 6 heteroatoms. The summed E-state index contributed by atoms with van der Waals surface area (Å²) < 4.78 is 24.8. The lowest BCUT2D eigenvalue weighted by atomic mass is 10.0. The van der Waals surface area contributed by atoms with Gasteiger partial charge >= 0.3 is 5.97 Å². The van der Waals surface area contributed by atoms with E-state index in [1.165, 1.54) is 6.92 Å². The molecule has 0 saturated heterocycles. The lowest BCUT2D eigenvalue weighted by Gasteiger charge is -2.22. The maximum absolute atomic E-state index is 11.9. The quantitative estimate of drug-likeness (QED) is 0.868. The minimum absolute atomic E-state index is 0.133. The molecule has 1 aromatic rings. The molecule has 0 aromatic heterocycles. The van der Waals surface area contributed by atoms with E-state index >= 15 is 0 Å². The van der Waals surface area contributed by atoms with Crippen molar-refractivity contribution >= 4 is 21.7 Å². The van der Waals surface area contributed by atoms with Crippen LogP contribution in [-0.2, 0) is 14.8 Å². The first-order valence-electron chi connectivity index (χ1n) is 6.10. The fourth-order valence-electron chi connectivity index (χ4n) is 1.65. The molecule has 0 saturated carbocycles. The third-order valence-electron chi connectivity index (χ3n) is 2.83. The number of aliphatic carboxylic acids is 1. The molecule has 106 valence electrons. The third kappa shape index (κ3) is 3.96. The van der Waals surface area contributed by atoms with Gasteiger partial charge in [0, 0.05) is 0 Å². The van der Waals surface area contributed by atoms with E-state index in [2.05, 4.69) is 0 Å². The van der Waals surface area contributed by atoms with Gasteiger partial charge in [-0.2, -0.15) is 0 Å².